The van der Waals surface area contributed by atoms with Gasteiger partial charge in [-0.3, -0.25) is 0 Å². The zero-order valence-electron chi connectivity index (χ0n) is 12.2. The highest BCUT2D eigenvalue weighted by Crippen LogP contribution is 2.38. The Morgan fingerprint density at radius 3 is 2.26 bits per heavy atom. The van der Waals surface area contributed by atoms with E-state index in [2.05, 4.69) is 21.6 Å². The minimum atomic E-state index is 0.892. The van der Waals surface area contributed by atoms with Gasteiger partial charge in [0.05, 0.1) is 11.4 Å². The van der Waals surface area contributed by atoms with Crippen molar-refractivity contribution in [3.63, 3.8) is 0 Å². The second-order valence-corrected chi connectivity index (χ2v) is 6.34. The molecule has 0 atom stereocenters. The molecule has 0 aliphatic heterocycles. The van der Waals surface area contributed by atoms with Crippen LogP contribution in [0.15, 0.2) is 0 Å². The standard InChI is InChI=1S/C15H26N4/c1-3-8-19-15(14(16)11(2)17-19)18(9-12-4-5-12)10-13-6-7-13/h12-13H,3-10,16H2,1-2H3. The van der Waals surface area contributed by atoms with Crippen LogP contribution in [-0.2, 0) is 6.54 Å². The molecule has 3 rings (SSSR count). The zero-order valence-corrected chi connectivity index (χ0v) is 12.2. The highest BCUT2D eigenvalue weighted by atomic mass is 15.4. The van der Waals surface area contributed by atoms with Crippen molar-refractivity contribution in [1.29, 1.82) is 0 Å². The summed E-state index contributed by atoms with van der Waals surface area (Å²) in [6.45, 7) is 7.55. The number of aryl methyl sites for hydroxylation is 2. The second-order valence-electron chi connectivity index (χ2n) is 6.34. The summed E-state index contributed by atoms with van der Waals surface area (Å²) >= 11 is 0. The first kappa shape index (κ1) is 12.8. The van der Waals surface area contributed by atoms with Gasteiger partial charge in [0.25, 0.3) is 0 Å². The summed E-state index contributed by atoms with van der Waals surface area (Å²) < 4.78 is 2.13. The lowest BCUT2D eigenvalue weighted by atomic mass is 10.2. The van der Waals surface area contributed by atoms with Gasteiger partial charge >= 0.3 is 0 Å². The summed E-state index contributed by atoms with van der Waals surface area (Å²) in [5, 5.41) is 4.63. The van der Waals surface area contributed by atoms with Crippen molar-refractivity contribution < 1.29 is 0 Å². The molecule has 0 saturated heterocycles. The van der Waals surface area contributed by atoms with E-state index in [9.17, 15) is 0 Å². The minimum absolute atomic E-state index is 0.892. The van der Waals surface area contributed by atoms with Crippen LogP contribution in [0.2, 0.25) is 0 Å². The molecule has 0 spiro atoms. The Labute approximate surface area is 116 Å². The molecular formula is C15H26N4. The highest BCUT2D eigenvalue weighted by Gasteiger charge is 2.32. The molecule has 4 nitrogen and oxygen atoms in total. The van der Waals surface area contributed by atoms with Gasteiger partial charge in [-0.1, -0.05) is 6.92 Å². The lowest BCUT2D eigenvalue weighted by Crippen LogP contribution is -2.31. The fourth-order valence-corrected chi connectivity index (χ4v) is 2.76. The normalized spacial score (nSPS) is 18.8. The predicted octanol–water partition coefficient (Wildman–Crippen LogP) is 2.81. The largest absolute Gasteiger partial charge is 0.394 e. The average molecular weight is 262 g/mol. The van der Waals surface area contributed by atoms with E-state index < -0.39 is 0 Å². The molecule has 0 bridgehead atoms. The van der Waals surface area contributed by atoms with Gasteiger partial charge in [-0.25, -0.2) is 4.68 Å². The van der Waals surface area contributed by atoms with Crippen molar-refractivity contribution in [2.45, 2.75) is 52.5 Å². The summed E-state index contributed by atoms with van der Waals surface area (Å²) in [6.07, 6.45) is 6.67. The van der Waals surface area contributed by atoms with Crippen molar-refractivity contribution in [3.8, 4) is 0 Å². The Morgan fingerprint density at radius 1 is 1.21 bits per heavy atom. The molecule has 0 unspecified atom stereocenters. The maximum atomic E-state index is 6.30. The van der Waals surface area contributed by atoms with Crippen LogP contribution >= 0.6 is 0 Å². The van der Waals surface area contributed by atoms with Gasteiger partial charge in [0.15, 0.2) is 5.82 Å². The van der Waals surface area contributed by atoms with Crippen LogP contribution < -0.4 is 10.6 Å². The smallest absolute Gasteiger partial charge is 0.150 e. The van der Waals surface area contributed by atoms with Crippen molar-refractivity contribution >= 4 is 11.5 Å². The molecule has 0 aromatic carbocycles. The average Bonchev–Trinajstić information content (AvgIpc) is 3.25. The van der Waals surface area contributed by atoms with Crippen LogP contribution in [0.3, 0.4) is 0 Å². The molecular weight excluding hydrogens is 236 g/mol. The zero-order chi connectivity index (χ0) is 13.4. The fraction of sp³-hybridized carbons (Fsp3) is 0.800. The number of hydrogen-bond acceptors (Lipinski definition) is 3. The van der Waals surface area contributed by atoms with E-state index in [1.807, 2.05) is 6.92 Å². The summed E-state index contributed by atoms with van der Waals surface area (Å²) in [5.41, 5.74) is 8.19. The molecule has 0 radical (unpaired) electrons. The molecule has 4 heteroatoms. The summed E-state index contributed by atoms with van der Waals surface area (Å²) in [4.78, 5) is 2.53. The molecule has 2 N–H and O–H groups in total. The van der Waals surface area contributed by atoms with Crippen molar-refractivity contribution in [1.82, 2.24) is 9.78 Å². The van der Waals surface area contributed by atoms with E-state index in [0.717, 1.165) is 36.2 Å². The number of nitrogens with two attached hydrogens (primary N) is 1. The van der Waals surface area contributed by atoms with E-state index in [0.29, 0.717) is 0 Å². The fourth-order valence-electron chi connectivity index (χ4n) is 2.76. The van der Waals surface area contributed by atoms with Gasteiger partial charge in [0.2, 0.25) is 0 Å². The second kappa shape index (κ2) is 5.06. The van der Waals surface area contributed by atoms with E-state index in [-0.39, 0.29) is 0 Å². The molecule has 1 aromatic rings. The molecule has 19 heavy (non-hydrogen) atoms. The summed E-state index contributed by atoms with van der Waals surface area (Å²) in [6, 6.07) is 0. The van der Waals surface area contributed by atoms with Crippen LogP contribution in [0.1, 0.15) is 44.7 Å². The Bertz CT molecular complexity index is 429. The van der Waals surface area contributed by atoms with Crippen LogP contribution in [0.5, 0.6) is 0 Å². The Hall–Kier alpha value is -1.19. The molecule has 0 amide bonds. The van der Waals surface area contributed by atoms with Gasteiger partial charge in [-0.15, -0.1) is 0 Å². The molecule has 106 valence electrons. The minimum Gasteiger partial charge on any atom is -0.394 e. The number of nitrogen functional groups attached to an aromatic ring is 1. The van der Waals surface area contributed by atoms with E-state index in [4.69, 9.17) is 5.73 Å². The SMILES string of the molecule is CCCn1nc(C)c(N)c1N(CC1CC1)CC1CC1. The maximum Gasteiger partial charge on any atom is 0.150 e. The molecule has 1 heterocycles. The van der Waals surface area contributed by atoms with Gasteiger partial charge in [0, 0.05) is 19.6 Å². The van der Waals surface area contributed by atoms with Crippen LogP contribution in [0.4, 0.5) is 11.5 Å². The van der Waals surface area contributed by atoms with E-state index in [1.165, 1.54) is 44.6 Å². The van der Waals surface area contributed by atoms with E-state index in [1.54, 1.807) is 0 Å². The Balaban J connectivity index is 1.85. The first-order valence-corrected chi connectivity index (χ1v) is 7.76. The monoisotopic (exact) mass is 262 g/mol. The van der Waals surface area contributed by atoms with Gasteiger partial charge in [-0.05, 0) is 50.9 Å². The quantitative estimate of drug-likeness (QED) is 0.822. The summed E-state index contributed by atoms with van der Waals surface area (Å²) in [7, 11) is 0. The summed E-state index contributed by atoms with van der Waals surface area (Å²) in [5.74, 6) is 2.98. The number of nitrogens with zero attached hydrogens (tertiary/aromatic N) is 3. The lowest BCUT2D eigenvalue weighted by molar-refractivity contribution is 0.571. The molecule has 2 saturated carbocycles. The third-order valence-electron chi connectivity index (χ3n) is 4.23. The molecule has 2 aliphatic carbocycles. The maximum absolute atomic E-state index is 6.30. The third-order valence-corrected chi connectivity index (χ3v) is 4.23. The van der Waals surface area contributed by atoms with Gasteiger partial charge < -0.3 is 10.6 Å². The van der Waals surface area contributed by atoms with Crippen molar-refractivity contribution in [3.05, 3.63) is 5.69 Å². The highest BCUT2D eigenvalue weighted by molar-refractivity contribution is 5.66. The third kappa shape index (κ3) is 2.88. The van der Waals surface area contributed by atoms with Crippen LogP contribution in [-0.4, -0.2) is 22.9 Å². The number of rotatable bonds is 7. The van der Waals surface area contributed by atoms with Crippen molar-refractivity contribution in [2.75, 3.05) is 23.7 Å². The topological polar surface area (TPSA) is 47.1 Å². The lowest BCUT2D eigenvalue weighted by Gasteiger charge is -2.26. The first-order chi connectivity index (χ1) is 9.19. The molecule has 2 aliphatic rings. The Morgan fingerprint density at radius 2 is 1.79 bits per heavy atom. The van der Waals surface area contributed by atoms with Crippen LogP contribution in [0, 0.1) is 18.8 Å². The van der Waals surface area contributed by atoms with Crippen LogP contribution in [0.25, 0.3) is 0 Å². The van der Waals surface area contributed by atoms with E-state index >= 15 is 0 Å². The first-order valence-electron chi connectivity index (χ1n) is 7.76. The van der Waals surface area contributed by atoms with Gasteiger partial charge in [0.1, 0.15) is 0 Å². The molecule has 2 fully saturated rings. The Kier molecular flexibility index (Phi) is 3.42. The number of hydrogen-bond donors (Lipinski definition) is 1. The predicted molar refractivity (Wildman–Crippen MR) is 79.3 cm³/mol. The van der Waals surface area contributed by atoms with Gasteiger partial charge in [-0.2, -0.15) is 5.10 Å². The number of anilines is 2. The van der Waals surface area contributed by atoms with Crippen molar-refractivity contribution in [2.24, 2.45) is 11.8 Å². The molecule has 1 aromatic heterocycles. The number of aromatic nitrogens is 2.